The number of fused-ring (bicyclic) bond motifs is 1. The molecule has 2 aromatic carbocycles. The van der Waals surface area contributed by atoms with Crippen molar-refractivity contribution in [3.63, 3.8) is 0 Å². The van der Waals surface area contributed by atoms with Crippen molar-refractivity contribution in [3.05, 3.63) is 53.1 Å². The second kappa shape index (κ2) is 12.5. The monoisotopic (exact) mass is 488 g/mol. The molecule has 0 heterocycles. The molecule has 3 unspecified atom stereocenters. The van der Waals surface area contributed by atoms with Crippen molar-refractivity contribution in [3.8, 4) is 16.9 Å². The zero-order valence-electron chi connectivity index (χ0n) is 19.7. The lowest BCUT2D eigenvalue weighted by Crippen LogP contribution is -2.32. The lowest BCUT2D eigenvalue weighted by molar-refractivity contribution is -0.131. The Morgan fingerprint density at radius 2 is 1.91 bits per heavy atom. The average Bonchev–Trinajstić information content (AvgIpc) is 2.79. The minimum atomic E-state index is -0.791. The van der Waals surface area contributed by atoms with E-state index in [-0.39, 0.29) is 74.7 Å². The molecule has 1 aliphatic carbocycles. The first-order chi connectivity index (χ1) is 16.3. The highest BCUT2D eigenvalue weighted by Crippen LogP contribution is 2.41. The van der Waals surface area contributed by atoms with E-state index < -0.39 is 12.5 Å². The highest BCUT2D eigenvalue weighted by atomic mass is 16.3. The summed E-state index contributed by atoms with van der Waals surface area (Å²) >= 11 is 0. The average molecular weight is 489 g/mol. The smallest absolute Gasteiger partial charge is 0.167 e. The topological polar surface area (TPSA) is 160 Å². The van der Waals surface area contributed by atoms with E-state index >= 15 is 0 Å². The molecule has 192 valence electrons. The van der Waals surface area contributed by atoms with Crippen molar-refractivity contribution in [2.75, 3.05) is 13.2 Å². The second-order valence-corrected chi connectivity index (χ2v) is 9.07. The van der Waals surface area contributed by atoms with Gasteiger partial charge in [-0.25, -0.2) is 0 Å². The van der Waals surface area contributed by atoms with Crippen LogP contribution in [-0.4, -0.2) is 57.6 Å². The van der Waals surface area contributed by atoms with E-state index in [1.807, 2.05) is 6.07 Å². The Balaban J connectivity index is 0.00000432. The molecule has 35 heavy (non-hydrogen) atoms. The summed E-state index contributed by atoms with van der Waals surface area (Å²) in [6, 6.07) is 10.2. The molecule has 0 spiro atoms. The number of aromatic hydroxyl groups is 1. The van der Waals surface area contributed by atoms with E-state index in [1.165, 1.54) is 13.0 Å². The van der Waals surface area contributed by atoms with Gasteiger partial charge in [0.25, 0.3) is 0 Å². The molecule has 0 bridgehead atoms. The Morgan fingerprint density at radius 3 is 2.54 bits per heavy atom. The summed E-state index contributed by atoms with van der Waals surface area (Å²) in [6.45, 7) is 0.701. The Bertz CT molecular complexity index is 1100. The molecule has 0 fully saturated rings. The molecule has 8 heteroatoms. The lowest BCUT2D eigenvalue weighted by Gasteiger charge is -2.31. The number of aliphatic hydroxyl groups excluding tert-OH is 2. The van der Waals surface area contributed by atoms with Gasteiger partial charge in [-0.3, -0.25) is 19.2 Å². The highest BCUT2D eigenvalue weighted by Gasteiger charge is 2.35. The first-order valence-corrected chi connectivity index (χ1v) is 11.5. The molecule has 2 aromatic rings. The van der Waals surface area contributed by atoms with E-state index in [2.05, 4.69) is 0 Å². The van der Waals surface area contributed by atoms with Crippen LogP contribution < -0.4 is 0 Å². The molecular weight excluding hydrogens is 452 g/mol. The molecule has 1 aliphatic rings. The van der Waals surface area contributed by atoms with Gasteiger partial charge in [0.05, 0.1) is 18.6 Å². The number of ketones is 3. The lowest BCUT2D eigenvalue weighted by atomic mass is 9.72. The van der Waals surface area contributed by atoms with Gasteiger partial charge in [-0.05, 0) is 66.8 Å². The van der Waals surface area contributed by atoms with Gasteiger partial charge < -0.3 is 20.8 Å². The molecule has 5 N–H and O–H groups in total. The molecule has 0 saturated carbocycles. The van der Waals surface area contributed by atoms with Gasteiger partial charge in [0.15, 0.2) is 5.78 Å². The third-order valence-corrected chi connectivity index (χ3v) is 6.61. The largest absolute Gasteiger partial charge is 0.507 e. The van der Waals surface area contributed by atoms with Crippen molar-refractivity contribution in [1.82, 2.24) is 0 Å². The molecule has 3 atom stereocenters. The molecular formula is C27H36O8. The normalized spacial score (nSPS) is 16.5. The van der Waals surface area contributed by atoms with Crippen LogP contribution in [0.25, 0.3) is 11.1 Å². The molecule has 8 nitrogen and oxygen atoms in total. The van der Waals surface area contributed by atoms with Gasteiger partial charge in [-0.1, -0.05) is 24.3 Å². The minimum absolute atomic E-state index is 0. The molecule has 0 saturated heterocycles. The van der Waals surface area contributed by atoms with Gasteiger partial charge in [0.2, 0.25) is 0 Å². The minimum Gasteiger partial charge on any atom is -0.507 e. The number of hydrogen-bond donors (Lipinski definition) is 3. The van der Waals surface area contributed by atoms with E-state index in [1.54, 1.807) is 24.3 Å². The SMILES string of the molecule is CC(=O)CC(=O)C(CO)C(CCO)CC1CC(=O)c2c(O)ccc(-c3cccc(C=O)c3)c2C1.O.[HH].[HH]. The number of phenolic OH excluding ortho intramolecular Hbond substituents is 1. The van der Waals surface area contributed by atoms with Crippen LogP contribution in [0.1, 0.15) is 61.7 Å². The molecule has 0 radical (unpaired) electrons. The van der Waals surface area contributed by atoms with Gasteiger partial charge >= 0.3 is 0 Å². The third kappa shape index (κ3) is 6.48. The summed E-state index contributed by atoms with van der Waals surface area (Å²) in [4.78, 5) is 48.3. The molecule has 3 rings (SSSR count). The Labute approximate surface area is 206 Å². The number of benzene rings is 2. The Kier molecular flexibility index (Phi) is 10.0. The predicted octanol–water partition coefficient (Wildman–Crippen LogP) is 2.83. The van der Waals surface area contributed by atoms with Gasteiger partial charge in [-0.15, -0.1) is 0 Å². The van der Waals surface area contributed by atoms with Crippen LogP contribution in [0.4, 0.5) is 0 Å². The Morgan fingerprint density at radius 1 is 1.17 bits per heavy atom. The van der Waals surface area contributed by atoms with E-state index in [0.29, 0.717) is 24.0 Å². The maximum absolute atomic E-state index is 13.1. The van der Waals surface area contributed by atoms with E-state index in [9.17, 15) is 34.5 Å². The van der Waals surface area contributed by atoms with E-state index in [4.69, 9.17) is 0 Å². The predicted molar refractivity (Wildman–Crippen MR) is 134 cm³/mol. The number of aliphatic hydroxyl groups is 2. The number of rotatable bonds is 11. The summed E-state index contributed by atoms with van der Waals surface area (Å²) in [5.41, 5.74) is 2.96. The van der Waals surface area contributed by atoms with Crippen molar-refractivity contribution in [2.24, 2.45) is 17.8 Å². The number of Topliss-reactive ketones (excluding diaryl/α,β-unsaturated/α-hetero) is 3. The molecule has 0 aromatic heterocycles. The van der Waals surface area contributed by atoms with Gasteiger partial charge in [0.1, 0.15) is 23.6 Å². The summed E-state index contributed by atoms with van der Waals surface area (Å²) in [6.07, 6.45) is 1.77. The fourth-order valence-corrected chi connectivity index (χ4v) is 5.07. The van der Waals surface area contributed by atoms with Crippen LogP contribution in [0.15, 0.2) is 36.4 Å². The van der Waals surface area contributed by atoms with Gasteiger partial charge in [0, 0.05) is 27.4 Å². The summed E-state index contributed by atoms with van der Waals surface area (Å²) in [7, 11) is 0. The van der Waals surface area contributed by atoms with E-state index in [0.717, 1.165) is 17.4 Å². The number of carbonyl (C=O) groups is 4. The Hall–Kier alpha value is -3.20. The fraction of sp³-hybridized carbons (Fsp3) is 0.407. The number of hydrogen-bond acceptors (Lipinski definition) is 7. The fourth-order valence-electron chi connectivity index (χ4n) is 5.07. The van der Waals surface area contributed by atoms with Gasteiger partial charge in [-0.2, -0.15) is 0 Å². The summed E-state index contributed by atoms with van der Waals surface area (Å²) < 4.78 is 0. The van der Waals surface area contributed by atoms with Crippen molar-refractivity contribution in [1.29, 1.82) is 0 Å². The summed E-state index contributed by atoms with van der Waals surface area (Å²) in [5.74, 6) is -2.31. The first kappa shape index (κ1) is 28.0. The maximum Gasteiger partial charge on any atom is 0.167 e. The quantitative estimate of drug-likeness (QED) is 0.324. The van der Waals surface area contributed by atoms with Crippen molar-refractivity contribution in [2.45, 2.75) is 39.0 Å². The standard InChI is InChI=1S/C27H30O7.H2O.2H2/c1-16(31)9-25(33)23(15-30)20(7-8-28)11-18-12-22-21(19-4-2-3-17(10-19)14-29)5-6-24(32)27(22)26(34)13-18;;;/h2-6,10,14,18,20,23,28,30,32H,7-9,11-13,15H2,1H3;1H2;2*1H. The zero-order valence-corrected chi connectivity index (χ0v) is 19.7. The van der Waals surface area contributed by atoms with Crippen LogP contribution >= 0.6 is 0 Å². The van der Waals surface area contributed by atoms with Crippen LogP contribution in [-0.2, 0) is 16.0 Å². The molecule has 0 amide bonds. The molecule has 0 aliphatic heterocycles. The summed E-state index contributed by atoms with van der Waals surface area (Å²) in [5, 5.41) is 29.9. The van der Waals surface area contributed by atoms with Crippen LogP contribution in [0, 0.1) is 17.8 Å². The highest BCUT2D eigenvalue weighted by molar-refractivity contribution is 6.03. The second-order valence-electron chi connectivity index (χ2n) is 9.07. The first-order valence-electron chi connectivity index (χ1n) is 11.5. The van der Waals surface area contributed by atoms with Crippen molar-refractivity contribution >= 4 is 23.6 Å². The van der Waals surface area contributed by atoms with Crippen LogP contribution in [0.2, 0.25) is 0 Å². The van der Waals surface area contributed by atoms with Crippen molar-refractivity contribution < 1.29 is 42.8 Å². The number of aldehydes is 1. The maximum atomic E-state index is 13.1. The van der Waals surface area contributed by atoms with Crippen LogP contribution in [0.3, 0.4) is 0 Å². The third-order valence-electron chi connectivity index (χ3n) is 6.61. The number of phenols is 1. The van der Waals surface area contributed by atoms with Crippen LogP contribution in [0.5, 0.6) is 5.75 Å². The zero-order chi connectivity index (χ0) is 24.8. The number of carbonyl (C=O) groups excluding carboxylic acids is 4.